The molecule has 8 unspecified atom stereocenters. The van der Waals surface area contributed by atoms with E-state index < -0.39 is 48.3 Å². The molecule has 0 amide bonds. The van der Waals surface area contributed by atoms with Gasteiger partial charge in [0.2, 0.25) is 0 Å². The van der Waals surface area contributed by atoms with Gasteiger partial charge in [0.1, 0.15) is 135 Å². The summed E-state index contributed by atoms with van der Waals surface area (Å²) in [7, 11) is 3.26. The molecule has 21 nitrogen and oxygen atoms in total. The molecule has 21 heteroatoms. The van der Waals surface area contributed by atoms with Gasteiger partial charge in [-0.15, -0.1) is 0 Å². The molecular weight excluding hydrogens is 1740 g/mol. The van der Waals surface area contributed by atoms with Gasteiger partial charge in [0.05, 0.1) is 14.2 Å². The smallest absolute Gasteiger partial charge is 0.333 e. The van der Waals surface area contributed by atoms with E-state index in [1.54, 1.807) is 52.3 Å². The van der Waals surface area contributed by atoms with E-state index in [4.69, 9.17) is 56.8 Å². The second-order valence-electron chi connectivity index (χ2n) is 33.2. The van der Waals surface area contributed by atoms with E-state index in [9.17, 15) is 44.4 Å². The minimum absolute atomic E-state index is 0. The number of aliphatic hydroxyl groups is 4. The third-order valence-electron chi connectivity index (χ3n) is 22.1. The number of ketones is 1. The van der Waals surface area contributed by atoms with Crippen molar-refractivity contribution in [2.45, 2.75) is 146 Å². The maximum Gasteiger partial charge on any atom is 0.333 e. The van der Waals surface area contributed by atoms with E-state index in [1.807, 2.05) is 213 Å². The van der Waals surface area contributed by atoms with Crippen LogP contribution in [0.25, 0.3) is 0 Å². The van der Waals surface area contributed by atoms with Crippen LogP contribution in [0.3, 0.4) is 0 Å². The summed E-state index contributed by atoms with van der Waals surface area (Å²) in [5.41, 5.74) is 14.6. The monoisotopic (exact) mass is 1870 g/mol. The van der Waals surface area contributed by atoms with E-state index >= 15 is 0 Å². The van der Waals surface area contributed by atoms with Gasteiger partial charge in [-0.05, 0) is 231 Å². The Hall–Kier alpha value is -14.6. The Bertz CT molecular complexity index is 5860. The van der Waals surface area contributed by atoms with Crippen molar-refractivity contribution in [2.75, 3.05) is 67.1 Å². The average Bonchev–Trinajstić information content (AvgIpc) is 0.777. The molecule has 0 aliphatic carbocycles. The van der Waals surface area contributed by atoms with E-state index in [0.29, 0.717) is 57.1 Å². The van der Waals surface area contributed by atoms with Gasteiger partial charge in [-0.1, -0.05) is 246 Å². The highest BCUT2D eigenvalue weighted by molar-refractivity contribution is 6.09. The fourth-order valence-electron chi connectivity index (χ4n) is 14.5. The van der Waals surface area contributed by atoms with Crippen molar-refractivity contribution in [3.05, 3.63) is 418 Å². The molecule has 0 bridgehead atoms. The van der Waals surface area contributed by atoms with Crippen molar-refractivity contribution in [1.82, 2.24) is 0 Å². The summed E-state index contributed by atoms with van der Waals surface area (Å²) in [6, 6.07) is 94.1. The summed E-state index contributed by atoms with van der Waals surface area (Å²) in [6.45, 7) is 27.7. The summed E-state index contributed by atoms with van der Waals surface area (Å²) >= 11 is 0. The van der Waals surface area contributed by atoms with Crippen LogP contribution in [0.2, 0.25) is 0 Å². The lowest BCUT2D eigenvalue weighted by Gasteiger charge is -2.30. The lowest BCUT2D eigenvalue weighted by molar-refractivity contribution is -0.143. The minimum Gasteiger partial charge on any atom is -0.497 e. The van der Waals surface area contributed by atoms with E-state index in [1.165, 1.54) is 30.5 Å². The zero-order valence-corrected chi connectivity index (χ0v) is 76.5. The Morgan fingerprint density at radius 2 is 0.435 bits per heavy atom. The van der Waals surface area contributed by atoms with Crippen LogP contribution < -0.4 is 37.9 Å². The number of methoxy groups -OCH3 is 2. The van der Waals surface area contributed by atoms with Crippen LogP contribution in [0.4, 0.5) is 0 Å². The Balaban J connectivity index is 0.000000409. The minimum atomic E-state index is -1.05. The van der Waals surface area contributed by atoms with Crippen molar-refractivity contribution >= 4 is 29.7 Å². The highest BCUT2D eigenvalue weighted by Crippen LogP contribution is 2.48. The molecule has 138 heavy (non-hydrogen) atoms. The lowest BCUT2D eigenvalue weighted by atomic mass is 9.73. The second kappa shape index (κ2) is 54.2. The molecule has 0 aliphatic rings. The summed E-state index contributed by atoms with van der Waals surface area (Å²) in [5, 5.41) is 41.7. The lowest BCUT2D eigenvalue weighted by Crippen LogP contribution is -2.25. The van der Waals surface area contributed by atoms with Crippen LogP contribution in [0.15, 0.2) is 340 Å². The Morgan fingerprint density at radius 3 is 0.645 bits per heavy atom. The quantitative estimate of drug-likeness (QED) is 0.0119. The van der Waals surface area contributed by atoms with Gasteiger partial charge in [-0.25, -0.2) is 19.2 Å². The third-order valence-corrected chi connectivity index (χ3v) is 22.1. The molecule has 12 rings (SSSR count). The van der Waals surface area contributed by atoms with E-state index in [0.717, 1.165) is 61.6 Å². The summed E-state index contributed by atoms with van der Waals surface area (Å²) in [6.07, 6.45) is -4.16. The standard InChI is InChI=1S/C57H60O10.C55H54O11.5CH4/c1-37(2)55(60)65-35-46(58)33-63-49-25-13-41(14-26-49)53(40-11-23-48(62-8)24-12-40)54(42-15-27-50(28-16-42)64-34-47(59)36-66-56(61)38(3)4)43-17-29-51(30-18-43)67-52-31-21-45(22-32-52)57(6,7)44-19-9-39(5)10-20-44;1-35(2)54(59)64-33-44(56)31-62-47-23-13-39(14-24-47)51(38-11-21-46(61-6)22-12-38)52(40-15-25-48(26-16-40)63-32-45(57)34-65-55(60)36(3)4)41-17-27-49(28-18-41)66-50-29-19-43(20-30-50)53(58)42-9-7-37(5)8-10-42;;;;;/h9-32,46-47,53-54,58-59H,1,3,33-36H2,2,4-8H3;7-30,44-45,51-52,56-57H,1,3,31-34H2,2,4-6H3;5*1H4. The average molecular weight is 1880 g/mol. The van der Waals surface area contributed by atoms with Crippen LogP contribution in [0.1, 0.15) is 185 Å². The molecule has 0 spiro atoms. The number of hydrogen-bond acceptors (Lipinski definition) is 21. The predicted molar refractivity (Wildman–Crippen MR) is 546 cm³/mol. The van der Waals surface area contributed by atoms with Crippen molar-refractivity contribution < 1.29 is 101 Å². The van der Waals surface area contributed by atoms with Gasteiger partial charge in [0, 0.05) is 62.5 Å². The molecule has 12 aromatic rings. The first-order chi connectivity index (χ1) is 63.9. The normalized spacial score (nSPS) is 12.4. The summed E-state index contributed by atoms with van der Waals surface area (Å²) in [4.78, 5) is 60.4. The van der Waals surface area contributed by atoms with Crippen molar-refractivity contribution in [3.8, 4) is 57.5 Å². The number of carbonyl (C=O) groups is 5. The molecule has 0 saturated heterocycles. The van der Waals surface area contributed by atoms with Crippen LogP contribution >= 0.6 is 0 Å². The fraction of sp³-hybridized carbons (Fsp3) is 0.274. The number of esters is 4. The van der Waals surface area contributed by atoms with Crippen LogP contribution in [-0.4, -0.2) is 142 Å². The maximum atomic E-state index is 13.1. The number of carbonyl (C=O) groups excluding carboxylic acids is 5. The number of benzene rings is 12. The van der Waals surface area contributed by atoms with Crippen LogP contribution in [-0.2, 0) is 43.5 Å². The van der Waals surface area contributed by atoms with Crippen molar-refractivity contribution in [3.63, 3.8) is 0 Å². The number of hydrogen-bond donors (Lipinski definition) is 4. The Kier molecular flexibility index (Phi) is 44.0. The number of aryl methyl sites for hydroxylation is 2. The highest BCUT2D eigenvalue weighted by atomic mass is 16.6. The molecule has 0 aliphatic heterocycles. The molecule has 4 N–H and O–H groups in total. The topological polar surface area (TPSA) is 277 Å². The van der Waals surface area contributed by atoms with Gasteiger partial charge in [-0.2, -0.15) is 0 Å². The first kappa shape index (κ1) is 112. The van der Waals surface area contributed by atoms with E-state index in [-0.39, 0.29) is 147 Å². The largest absolute Gasteiger partial charge is 0.497 e. The number of ether oxygens (including phenoxy) is 12. The summed E-state index contributed by atoms with van der Waals surface area (Å²) < 4.78 is 67.7. The number of rotatable bonds is 44. The predicted octanol–water partition coefficient (Wildman–Crippen LogP) is 23.7. The molecule has 0 aromatic heterocycles. The number of aliphatic hydroxyl groups excluding tert-OH is 4. The first-order valence-corrected chi connectivity index (χ1v) is 43.5. The Morgan fingerprint density at radius 1 is 0.261 bits per heavy atom. The molecule has 728 valence electrons. The highest BCUT2D eigenvalue weighted by Gasteiger charge is 2.33. The molecule has 0 radical (unpaired) electrons. The summed E-state index contributed by atoms with van der Waals surface area (Å²) in [5.74, 6) is 2.69. The SMILES string of the molecule is C.C.C.C.C.C=C(C)C(=O)OCC(O)COc1ccc(C(c2ccc(OC)cc2)C(c2ccc(OCC(O)COC(=O)C(=C)C)cc2)c2ccc(Oc3ccc(C(=O)c4ccc(C)cc4)cc3)cc2)cc1.C=C(C)C(=O)OCC(O)COc1ccc(C(c2ccc(OC)cc2)C(c2ccc(OCC(O)COC(=O)C(=C)C)cc2)c2ccc(Oc3ccc(C(C)(C)c4ccc(C)cc4)cc3)cc2)cc1. The van der Waals surface area contributed by atoms with Gasteiger partial charge < -0.3 is 77.3 Å². The van der Waals surface area contributed by atoms with Crippen molar-refractivity contribution in [1.29, 1.82) is 0 Å². The molecule has 0 fully saturated rings. The van der Waals surface area contributed by atoms with Crippen LogP contribution in [0.5, 0.6) is 57.5 Å². The molecule has 0 saturated carbocycles. The van der Waals surface area contributed by atoms with Gasteiger partial charge in [0.15, 0.2) is 5.78 Å². The Labute approximate surface area is 814 Å². The second-order valence-corrected chi connectivity index (χ2v) is 33.2. The molecule has 8 atom stereocenters. The molecular formula is C117H134O21. The van der Waals surface area contributed by atoms with Gasteiger partial charge in [-0.3, -0.25) is 4.79 Å². The molecule has 0 heterocycles. The first-order valence-electron chi connectivity index (χ1n) is 43.5. The maximum absolute atomic E-state index is 13.1. The van der Waals surface area contributed by atoms with E-state index in [2.05, 4.69) is 108 Å². The van der Waals surface area contributed by atoms with Gasteiger partial charge >= 0.3 is 23.9 Å². The zero-order valence-electron chi connectivity index (χ0n) is 76.5. The van der Waals surface area contributed by atoms with Crippen LogP contribution in [0, 0.1) is 13.8 Å². The zero-order chi connectivity index (χ0) is 95.3. The molecule has 12 aromatic carbocycles. The third kappa shape index (κ3) is 32.3. The van der Waals surface area contributed by atoms with Gasteiger partial charge in [0.25, 0.3) is 0 Å². The van der Waals surface area contributed by atoms with Crippen molar-refractivity contribution in [2.24, 2.45) is 0 Å². The fourth-order valence-corrected chi connectivity index (χ4v) is 14.5.